The lowest BCUT2D eigenvalue weighted by Gasteiger charge is -2.40. The number of ether oxygens (including phenoxy) is 1. The Hall–Kier alpha value is -4.04. The van der Waals surface area contributed by atoms with E-state index in [4.69, 9.17) is 14.6 Å². The molecule has 2 saturated heterocycles. The van der Waals surface area contributed by atoms with Gasteiger partial charge in [-0.3, -0.25) is 9.59 Å². The molecule has 2 aliphatic heterocycles. The Bertz CT molecular complexity index is 1300. The lowest BCUT2D eigenvalue weighted by Crippen LogP contribution is -2.52. The minimum Gasteiger partial charge on any atom is -0.495 e. The van der Waals surface area contributed by atoms with Gasteiger partial charge in [0.1, 0.15) is 5.75 Å². The van der Waals surface area contributed by atoms with E-state index in [1.165, 1.54) is 0 Å². The van der Waals surface area contributed by atoms with Gasteiger partial charge in [0, 0.05) is 37.4 Å². The molecule has 0 bridgehead atoms. The Balaban J connectivity index is 0.000000587. The van der Waals surface area contributed by atoms with E-state index in [1.54, 1.807) is 18.3 Å². The summed E-state index contributed by atoms with van der Waals surface area (Å²) in [7, 11) is 1.59. The first-order chi connectivity index (χ1) is 19.1. The van der Waals surface area contributed by atoms with Crippen molar-refractivity contribution in [3.63, 3.8) is 0 Å². The molecular formula is C26H28F6N4O5. The first-order valence-corrected chi connectivity index (χ1v) is 12.5. The number of aromatic nitrogens is 2. The van der Waals surface area contributed by atoms with Crippen LogP contribution < -0.4 is 4.74 Å². The van der Waals surface area contributed by atoms with Crippen LogP contribution in [0.3, 0.4) is 0 Å². The van der Waals surface area contributed by atoms with E-state index in [-0.39, 0.29) is 25.0 Å². The highest BCUT2D eigenvalue weighted by Gasteiger charge is 2.44. The molecule has 0 unspecified atom stereocenters. The molecule has 0 saturated carbocycles. The normalized spacial score (nSPS) is 17.8. The number of rotatable bonds is 4. The second-order valence-corrected chi connectivity index (χ2v) is 9.45. The van der Waals surface area contributed by atoms with Gasteiger partial charge in [0.25, 0.3) is 0 Å². The highest BCUT2D eigenvalue weighted by Crippen LogP contribution is 2.30. The molecule has 2 fully saturated rings. The molecule has 15 heteroatoms. The summed E-state index contributed by atoms with van der Waals surface area (Å²) < 4.78 is 77.3. The van der Waals surface area contributed by atoms with Crippen molar-refractivity contribution in [3.8, 4) is 11.4 Å². The molecule has 0 aliphatic carbocycles. The van der Waals surface area contributed by atoms with Gasteiger partial charge >= 0.3 is 24.2 Å². The van der Waals surface area contributed by atoms with Gasteiger partial charge < -0.3 is 24.2 Å². The van der Waals surface area contributed by atoms with Gasteiger partial charge in [0.2, 0.25) is 5.91 Å². The van der Waals surface area contributed by atoms with E-state index < -0.39 is 24.2 Å². The highest BCUT2D eigenvalue weighted by atomic mass is 19.4. The van der Waals surface area contributed by atoms with Gasteiger partial charge in [-0.05, 0) is 56.4 Å². The van der Waals surface area contributed by atoms with Crippen LogP contribution >= 0.6 is 0 Å². The monoisotopic (exact) mass is 590 g/mol. The zero-order valence-electron chi connectivity index (χ0n) is 22.1. The van der Waals surface area contributed by atoms with Crippen molar-refractivity contribution in [2.24, 2.45) is 0 Å². The number of carbonyl (C=O) groups is 3. The number of halogens is 6. The molecule has 4 rings (SSSR count). The van der Waals surface area contributed by atoms with Crippen LogP contribution in [0, 0.1) is 6.92 Å². The van der Waals surface area contributed by atoms with Crippen molar-refractivity contribution in [2.75, 3.05) is 26.7 Å². The molecule has 1 aromatic carbocycles. The van der Waals surface area contributed by atoms with Crippen LogP contribution in [0.1, 0.15) is 36.9 Å². The Morgan fingerprint density at radius 1 is 1.07 bits per heavy atom. The second-order valence-electron chi connectivity index (χ2n) is 9.45. The zero-order chi connectivity index (χ0) is 30.5. The fourth-order valence-electron chi connectivity index (χ4n) is 4.63. The number of piperidine rings is 2. The molecule has 1 N–H and O–H groups in total. The highest BCUT2D eigenvalue weighted by molar-refractivity contribution is 5.98. The van der Waals surface area contributed by atoms with Crippen molar-refractivity contribution in [2.45, 2.75) is 51.0 Å². The lowest BCUT2D eigenvalue weighted by molar-refractivity contribution is -0.192. The number of carboxylic acids is 1. The largest absolute Gasteiger partial charge is 0.495 e. The van der Waals surface area contributed by atoms with Crippen LogP contribution in [0.5, 0.6) is 5.75 Å². The van der Waals surface area contributed by atoms with Crippen LogP contribution in [0.4, 0.5) is 26.3 Å². The topological polar surface area (TPSA) is 105 Å². The van der Waals surface area contributed by atoms with Crippen LogP contribution in [0.2, 0.25) is 0 Å². The van der Waals surface area contributed by atoms with Gasteiger partial charge in [-0.2, -0.15) is 26.3 Å². The van der Waals surface area contributed by atoms with Crippen molar-refractivity contribution in [1.82, 2.24) is 19.4 Å². The standard InChI is InChI=1S/C24H27F3N4O3.C2HF3O2/c1-16-14-30(15-28-16)20-6-5-17(13-21(20)34-2)12-18-4-3-9-31(22(18)32)19-7-10-29(11-8-19)23(33)24(25,26)27;3-2(4,5)1(6)7/h5-6,12-15,19H,3-4,7-11H2,1-2H3;(H,6,7)/b18-12+;. The predicted octanol–water partition coefficient (Wildman–Crippen LogP) is 4.38. The minimum absolute atomic E-state index is 0.00176. The van der Waals surface area contributed by atoms with Gasteiger partial charge in [-0.25, -0.2) is 9.78 Å². The number of alkyl halides is 6. The summed E-state index contributed by atoms with van der Waals surface area (Å²) in [6.45, 7) is 2.47. The average Bonchev–Trinajstić information content (AvgIpc) is 3.34. The number of hydrogen-bond donors (Lipinski definition) is 1. The number of carbonyl (C=O) groups excluding carboxylic acids is 2. The van der Waals surface area contributed by atoms with Gasteiger partial charge in [0.05, 0.1) is 24.8 Å². The fourth-order valence-corrected chi connectivity index (χ4v) is 4.63. The Labute approximate surface area is 231 Å². The van der Waals surface area contributed by atoms with E-state index in [2.05, 4.69) is 4.98 Å². The molecule has 224 valence electrons. The molecule has 41 heavy (non-hydrogen) atoms. The summed E-state index contributed by atoms with van der Waals surface area (Å²) in [4.78, 5) is 40.4. The number of aliphatic carboxylic acids is 1. The number of aryl methyl sites for hydroxylation is 1. The second kappa shape index (κ2) is 12.6. The van der Waals surface area contributed by atoms with E-state index in [0.717, 1.165) is 28.3 Å². The third-order valence-corrected chi connectivity index (χ3v) is 6.59. The maximum Gasteiger partial charge on any atom is 0.490 e. The van der Waals surface area contributed by atoms with Crippen molar-refractivity contribution in [1.29, 1.82) is 0 Å². The Morgan fingerprint density at radius 3 is 2.22 bits per heavy atom. The average molecular weight is 591 g/mol. The van der Waals surface area contributed by atoms with E-state index in [0.29, 0.717) is 37.1 Å². The van der Waals surface area contributed by atoms with Gasteiger partial charge in [-0.15, -0.1) is 0 Å². The molecule has 2 aliphatic rings. The zero-order valence-corrected chi connectivity index (χ0v) is 22.1. The SMILES string of the molecule is COc1cc(/C=C2\CCCN(C3CCN(C(=O)C(F)(F)F)CC3)C2=O)ccc1-n1cnc(C)c1.O=C(O)C(F)(F)F. The Morgan fingerprint density at radius 2 is 1.71 bits per heavy atom. The van der Waals surface area contributed by atoms with E-state index in [9.17, 15) is 35.9 Å². The summed E-state index contributed by atoms with van der Waals surface area (Å²) in [6, 6.07) is 5.51. The first-order valence-electron chi connectivity index (χ1n) is 12.5. The summed E-state index contributed by atoms with van der Waals surface area (Å²) in [5.74, 6) is -4.01. The van der Waals surface area contributed by atoms with Crippen molar-refractivity contribution < 1.29 is 50.6 Å². The van der Waals surface area contributed by atoms with Crippen LogP contribution in [0.25, 0.3) is 11.8 Å². The van der Waals surface area contributed by atoms with Gasteiger partial charge in [0.15, 0.2) is 0 Å². The third-order valence-electron chi connectivity index (χ3n) is 6.59. The maximum atomic E-state index is 13.2. The minimum atomic E-state index is -5.08. The number of amides is 2. The van der Waals surface area contributed by atoms with E-state index >= 15 is 0 Å². The van der Waals surface area contributed by atoms with Crippen LogP contribution in [0.15, 0.2) is 36.3 Å². The van der Waals surface area contributed by atoms with Crippen molar-refractivity contribution >= 4 is 23.9 Å². The number of methoxy groups -OCH3 is 1. The molecule has 0 atom stereocenters. The number of benzene rings is 1. The third kappa shape index (κ3) is 8.01. The summed E-state index contributed by atoms with van der Waals surface area (Å²) in [5, 5.41) is 7.12. The van der Waals surface area contributed by atoms with Gasteiger partial charge in [-0.1, -0.05) is 6.07 Å². The molecule has 2 amide bonds. The molecular weight excluding hydrogens is 562 g/mol. The van der Waals surface area contributed by atoms with Crippen molar-refractivity contribution in [3.05, 3.63) is 47.6 Å². The molecule has 2 aromatic rings. The number of hydrogen-bond acceptors (Lipinski definition) is 5. The number of nitrogens with zero attached hydrogens (tertiary/aromatic N) is 4. The van der Waals surface area contributed by atoms with Crippen LogP contribution in [-0.4, -0.2) is 87.4 Å². The molecule has 0 spiro atoms. The molecule has 0 radical (unpaired) electrons. The van der Waals surface area contributed by atoms with Crippen LogP contribution in [-0.2, 0) is 14.4 Å². The molecule has 9 nitrogen and oxygen atoms in total. The smallest absolute Gasteiger partial charge is 0.490 e. The number of imidazole rings is 1. The maximum absolute atomic E-state index is 13.2. The molecule has 1 aromatic heterocycles. The summed E-state index contributed by atoms with van der Waals surface area (Å²) in [6.07, 6.45) is -2.40. The number of carboxylic acid groups (broad SMARTS) is 1. The first kappa shape index (κ1) is 31.5. The quantitative estimate of drug-likeness (QED) is 0.419. The van der Waals surface area contributed by atoms with E-state index in [1.807, 2.05) is 42.0 Å². The summed E-state index contributed by atoms with van der Waals surface area (Å²) >= 11 is 0. The number of likely N-dealkylation sites (tertiary alicyclic amines) is 2. The lowest BCUT2D eigenvalue weighted by atomic mass is 9.95. The summed E-state index contributed by atoms with van der Waals surface area (Å²) in [5.41, 5.74) is 3.21. The Kier molecular flexibility index (Phi) is 9.71. The fraction of sp³-hybridized carbons (Fsp3) is 0.462. The predicted molar refractivity (Wildman–Crippen MR) is 133 cm³/mol. The molecule has 3 heterocycles.